The van der Waals surface area contributed by atoms with Crippen molar-refractivity contribution in [3.05, 3.63) is 6.61 Å². The Balaban J connectivity index is 2.00. The Morgan fingerprint density at radius 2 is 1.75 bits per heavy atom. The normalized spacial score (nSPS) is 50.1. The molecule has 6 N–H and O–H groups in total. The lowest BCUT2D eigenvalue weighted by atomic mass is 9.99. The largest absolute Gasteiger partial charge is 0.394 e. The van der Waals surface area contributed by atoms with Gasteiger partial charge in [-0.2, -0.15) is 0 Å². The quantitative estimate of drug-likeness (QED) is 0.307. The number of hydrogen-bond acceptors (Lipinski definition) is 9. The molecule has 0 aromatic heterocycles. The van der Waals surface area contributed by atoms with Gasteiger partial charge in [-0.1, -0.05) is 0 Å². The van der Waals surface area contributed by atoms with Crippen LogP contribution in [0.25, 0.3) is 0 Å². The minimum Gasteiger partial charge on any atom is -0.394 e. The maximum atomic E-state index is 9.89. The molecule has 20 heavy (non-hydrogen) atoms. The fraction of sp³-hybridized carbons (Fsp3) is 0.909. The standard InChI is InChI=1S/C11H19O9/c12-1-6-8(16)10(5(14)3-18-6)20-11-9(17)7(15)4(13)2-19-11/h3-17H,1-2H2/t4-,5-,6+,7+,8+,9-,10+,11+/m1/s1. The van der Waals surface area contributed by atoms with E-state index >= 15 is 0 Å². The molecule has 117 valence electrons. The highest BCUT2D eigenvalue weighted by Crippen LogP contribution is 2.25. The first kappa shape index (κ1) is 16.0. The van der Waals surface area contributed by atoms with E-state index in [9.17, 15) is 25.5 Å². The fourth-order valence-corrected chi connectivity index (χ4v) is 2.12. The second kappa shape index (κ2) is 6.60. The minimum atomic E-state index is -1.53. The van der Waals surface area contributed by atoms with Gasteiger partial charge in [-0.3, -0.25) is 0 Å². The lowest BCUT2D eigenvalue weighted by molar-refractivity contribution is -0.310. The first-order chi connectivity index (χ1) is 9.45. The van der Waals surface area contributed by atoms with Crippen LogP contribution >= 0.6 is 0 Å². The first-order valence-corrected chi connectivity index (χ1v) is 6.22. The van der Waals surface area contributed by atoms with E-state index in [0.717, 1.165) is 6.61 Å². The molecular weight excluding hydrogens is 276 g/mol. The van der Waals surface area contributed by atoms with Crippen LogP contribution < -0.4 is 0 Å². The summed E-state index contributed by atoms with van der Waals surface area (Å²) in [5.74, 6) is 0. The van der Waals surface area contributed by atoms with Crippen molar-refractivity contribution in [3.63, 3.8) is 0 Å². The molecule has 9 nitrogen and oxygen atoms in total. The van der Waals surface area contributed by atoms with Crippen LogP contribution in [0.4, 0.5) is 0 Å². The van der Waals surface area contributed by atoms with Crippen molar-refractivity contribution in [3.8, 4) is 0 Å². The lowest BCUT2D eigenvalue weighted by Crippen LogP contribution is -2.59. The summed E-state index contributed by atoms with van der Waals surface area (Å²) in [6.45, 7) is 0.254. The molecule has 0 spiro atoms. The van der Waals surface area contributed by atoms with E-state index in [-0.39, 0.29) is 6.61 Å². The highest BCUT2D eigenvalue weighted by atomic mass is 16.7. The van der Waals surface area contributed by atoms with E-state index in [0.29, 0.717) is 0 Å². The summed E-state index contributed by atoms with van der Waals surface area (Å²) in [5.41, 5.74) is 0. The third-order valence-electron chi connectivity index (χ3n) is 3.37. The Morgan fingerprint density at radius 3 is 2.40 bits per heavy atom. The highest BCUT2D eigenvalue weighted by Gasteiger charge is 2.45. The van der Waals surface area contributed by atoms with Gasteiger partial charge >= 0.3 is 0 Å². The molecule has 2 aliphatic heterocycles. The molecule has 2 aliphatic rings. The molecule has 0 bridgehead atoms. The summed E-state index contributed by atoms with van der Waals surface area (Å²) in [7, 11) is 0. The first-order valence-electron chi connectivity index (χ1n) is 6.22. The van der Waals surface area contributed by atoms with Gasteiger partial charge < -0.3 is 44.8 Å². The van der Waals surface area contributed by atoms with Gasteiger partial charge in [-0.05, 0) is 0 Å². The molecule has 8 atom stereocenters. The van der Waals surface area contributed by atoms with Crippen molar-refractivity contribution >= 4 is 0 Å². The highest BCUT2D eigenvalue weighted by molar-refractivity contribution is 4.94. The van der Waals surface area contributed by atoms with Crippen LogP contribution in [0, 0.1) is 6.61 Å². The zero-order valence-corrected chi connectivity index (χ0v) is 10.5. The number of ether oxygens (including phenoxy) is 3. The van der Waals surface area contributed by atoms with Crippen LogP contribution in [-0.2, 0) is 14.2 Å². The van der Waals surface area contributed by atoms with Gasteiger partial charge in [0.2, 0.25) is 0 Å². The van der Waals surface area contributed by atoms with E-state index in [4.69, 9.17) is 19.3 Å². The minimum absolute atomic E-state index is 0.258. The van der Waals surface area contributed by atoms with Gasteiger partial charge in [0.05, 0.1) is 13.2 Å². The summed E-state index contributed by atoms with van der Waals surface area (Å²) < 4.78 is 15.2. The van der Waals surface area contributed by atoms with Crippen LogP contribution in [0.3, 0.4) is 0 Å². The Morgan fingerprint density at radius 1 is 1.05 bits per heavy atom. The van der Waals surface area contributed by atoms with E-state index < -0.39 is 55.6 Å². The molecule has 2 rings (SSSR count). The Hall–Kier alpha value is -0.360. The van der Waals surface area contributed by atoms with Crippen molar-refractivity contribution in [2.24, 2.45) is 0 Å². The summed E-state index contributed by atoms with van der Waals surface area (Å²) in [4.78, 5) is 0. The van der Waals surface area contributed by atoms with Gasteiger partial charge in [-0.15, -0.1) is 0 Å². The number of aliphatic hydroxyl groups excluding tert-OH is 6. The van der Waals surface area contributed by atoms with E-state index in [2.05, 4.69) is 0 Å². The second-order valence-corrected chi connectivity index (χ2v) is 4.83. The van der Waals surface area contributed by atoms with Crippen LogP contribution in [0.1, 0.15) is 0 Å². The SMILES string of the molecule is OC[C@@H]1O[CH][C@@H](O)[C@H](O[C@@H]2OC[C@@H](O)[C@H](O)[C@H]2O)[C@H]1O. The van der Waals surface area contributed by atoms with Crippen LogP contribution in [-0.4, -0.2) is 92.9 Å². The average molecular weight is 295 g/mol. The fourth-order valence-electron chi connectivity index (χ4n) is 2.12. The van der Waals surface area contributed by atoms with E-state index in [1.54, 1.807) is 0 Å². The summed E-state index contributed by atoms with van der Waals surface area (Å²) in [6, 6.07) is 0. The van der Waals surface area contributed by atoms with E-state index in [1.807, 2.05) is 0 Å². The predicted molar refractivity (Wildman–Crippen MR) is 60.9 cm³/mol. The van der Waals surface area contributed by atoms with Crippen molar-refractivity contribution in [1.29, 1.82) is 0 Å². The lowest BCUT2D eigenvalue weighted by Gasteiger charge is -2.41. The number of aliphatic hydroxyl groups is 6. The predicted octanol–water partition coefficient (Wildman–Crippen LogP) is -3.91. The molecule has 2 heterocycles. The van der Waals surface area contributed by atoms with E-state index in [1.165, 1.54) is 0 Å². The van der Waals surface area contributed by atoms with Crippen LogP contribution in [0.2, 0.25) is 0 Å². The number of hydrogen-bond donors (Lipinski definition) is 6. The topological polar surface area (TPSA) is 149 Å². The summed E-state index contributed by atoms with van der Waals surface area (Å²) in [5, 5.41) is 57.1. The number of rotatable bonds is 3. The van der Waals surface area contributed by atoms with Crippen molar-refractivity contribution in [2.75, 3.05) is 13.2 Å². The summed E-state index contributed by atoms with van der Waals surface area (Å²) in [6.07, 6.45) is -10.4. The molecule has 9 heteroatoms. The van der Waals surface area contributed by atoms with Crippen molar-refractivity contribution in [1.82, 2.24) is 0 Å². The Kier molecular flexibility index (Phi) is 5.29. The Labute approximate surface area is 114 Å². The van der Waals surface area contributed by atoms with Crippen LogP contribution in [0.15, 0.2) is 0 Å². The zero-order chi connectivity index (χ0) is 14.9. The molecular formula is C11H19O9. The zero-order valence-electron chi connectivity index (χ0n) is 10.5. The molecule has 0 aromatic carbocycles. The molecule has 0 amide bonds. The van der Waals surface area contributed by atoms with Gasteiger partial charge in [0, 0.05) is 0 Å². The molecule has 0 saturated carbocycles. The maximum absolute atomic E-state index is 9.89. The molecule has 0 aromatic rings. The van der Waals surface area contributed by atoms with Gasteiger partial charge in [0.15, 0.2) is 6.29 Å². The third kappa shape index (κ3) is 3.11. The summed E-state index contributed by atoms with van der Waals surface area (Å²) >= 11 is 0. The van der Waals surface area contributed by atoms with Crippen LogP contribution in [0.5, 0.6) is 0 Å². The van der Waals surface area contributed by atoms with Gasteiger partial charge in [0.25, 0.3) is 0 Å². The van der Waals surface area contributed by atoms with Gasteiger partial charge in [-0.25, -0.2) is 0 Å². The monoisotopic (exact) mass is 295 g/mol. The van der Waals surface area contributed by atoms with Gasteiger partial charge in [0.1, 0.15) is 49.3 Å². The third-order valence-corrected chi connectivity index (χ3v) is 3.37. The Bertz CT molecular complexity index is 314. The maximum Gasteiger partial charge on any atom is 0.186 e. The van der Waals surface area contributed by atoms with Crippen molar-refractivity contribution < 1.29 is 44.8 Å². The average Bonchev–Trinajstić information content (AvgIpc) is 2.43. The molecule has 1 radical (unpaired) electrons. The molecule has 2 fully saturated rings. The van der Waals surface area contributed by atoms with Crippen molar-refractivity contribution in [2.45, 2.75) is 49.0 Å². The second-order valence-electron chi connectivity index (χ2n) is 4.83. The smallest absolute Gasteiger partial charge is 0.186 e. The molecule has 2 saturated heterocycles. The molecule has 0 unspecified atom stereocenters. The molecule has 0 aliphatic carbocycles.